The summed E-state index contributed by atoms with van der Waals surface area (Å²) in [6, 6.07) is 7.74. The molecule has 1 aromatic rings. The molecule has 2 rings (SSSR count). The van der Waals surface area contributed by atoms with Crippen molar-refractivity contribution in [2.24, 2.45) is 5.41 Å². The van der Waals surface area contributed by atoms with Crippen LogP contribution in [-0.2, 0) is 0 Å². The van der Waals surface area contributed by atoms with Crippen molar-refractivity contribution >= 4 is 29.3 Å². The number of hydrogen-bond donors (Lipinski definition) is 1. The van der Waals surface area contributed by atoms with Crippen LogP contribution in [0.15, 0.2) is 29.2 Å². The summed E-state index contributed by atoms with van der Waals surface area (Å²) in [6.45, 7) is 0.694. The standard InChI is InChI=1S/C16H22ClNOS/c1-20-14-7-5-13(6-8-14)15(19)18-12-16(11-17)9-3-2-4-10-16/h5-8H,2-4,9-12H2,1H3,(H,18,19). The SMILES string of the molecule is CSc1ccc(C(=O)NCC2(CCl)CCCCC2)cc1. The third-order valence-electron chi connectivity index (χ3n) is 4.17. The summed E-state index contributed by atoms with van der Waals surface area (Å²) in [4.78, 5) is 13.4. The van der Waals surface area contributed by atoms with Crippen molar-refractivity contribution in [3.8, 4) is 0 Å². The first-order valence-electron chi connectivity index (χ1n) is 7.17. The second-order valence-corrected chi connectivity index (χ2v) is 6.75. The topological polar surface area (TPSA) is 29.1 Å². The zero-order chi connectivity index (χ0) is 14.4. The van der Waals surface area contributed by atoms with Gasteiger partial charge in [-0.2, -0.15) is 0 Å². The van der Waals surface area contributed by atoms with E-state index in [0.29, 0.717) is 12.4 Å². The first-order chi connectivity index (χ1) is 9.69. The number of hydrogen-bond acceptors (Lipinski definition) is 2. The molecule has 0 spiro atoms. The molecule has 1 aliphatic carbocycles. The average molecular weight is 312 g/mol. The molecule has 0 aliphatic heterocycles. The maximum absolute atomic E-state index is 12.2. The molecule has 0 aromatic heterocycles. The minimum atomic E-state index is 0.00715. The van der Waals surface area contributed by atoms with Gasteiger partial charge in [-0.15, -0.1) is 23.4 Å². The lowest BCUT2D eigenvalue weighted by Gasteiger charge is -2.35. The molecule has 1 amide bonds. The Hall–Kier alpha value is -0.670. The zero-order valence-corrected chi connectivity index (χ0v) is 13.5. The molecule has 0 radical (unpaired) electrons. The highest BCUT2D eigenvalue weighted by atomic mass is 35.5. The van der Waals surface area contributed by atoms with E-state index in [1.807, 2.05) is 30.5 Å². The zero-order valence-electron chi connectivity index (χ0n) is 12.0. The van der Waals surface area contributed by atoms with Crippen molar-refractivity contribution in [3.63, 3.8) is 0 Å². The van der Waals surface area contributed by atoms with Crippen molar-refractivity contribution in [1.29, 1.82) is 0 Å². The van der Waals surface area contributed by atoms with Crippen LogP contribution in [-0.4, -0.2) is 24.6 Å². The molecule has 2 nitrogen and oxygen atoms in total. The highest BCUT2D eigenvalue weighted by Gasteiger charge is 2.31. The van der Waals surface area contributed by atoms with Crippen LogP contribution in [0.1, 0.15) is 42.5 Å². The van der Waals surface area contributed by atoms with Crippen molar-refractivity contribution in [2.75, 3.05) is 18.7 Å². The normalized spacial score (nSPS) is 17.7. The summed E-state index contributed by atoms with van der Waals surface area (Å²) < 4.78 is 0. The predicted molar refractivity (Wildman–Crippen MR) is 86.8 cm³/mol. The summed E-state index contributed by atoms with van der Waals surface area (Å²) >= 11 is 7.83. The number of halogens is 1. The van der Waals surface area contributed by atoms with E-state index in [4.69, 9.17) is 11.6 Å². The maximum atomic E-state index is 12.2. The lowest BCUT2D eigenvalue weighted by atomic mass is 9.75. The monoisotopic (exact) mass is 311 g/mol. The molecule has 0 heterocycles. The fraction of sp³-hybridized carbons (Fsp3) is 0.562. The Labute approximate surface area is 130 Å². The fourth-order valence-electron chi connectivity index (χ4n) is 2.77. The molecule has 110 valence electrons. The van der Waals surface area contributed by atoms with Crippen LogP contribution in [0.5, 0.6) is 0 Å². The molecule has 4 heteroatoms. The van der Waals surface area contributed by atoms with Crippen LogP contribution < -0.4 is 5.32 Å². The van der Waals surface area contributed by atoms with Crippen LogP contribution in [0, 0.1) is 5.41 Å². The quantitative estimate of drug-likeness (QED) is 0.648. The summed E-state index contributed by atoms with van der Waals surface area (Å²) in [5, 5.41) is 3.07. The van der Waals surface area contributed by atoms with Crippen LogP contribution in [0.2, 0.25) is 0 Å². The molecule has 1 aliphatic rings. The van der Waals surface area contributed by atoms with Crippen LogP contribution >= 0.6 is 23.4 Å². The number of benzene rings is 1. The first kappa shape index (κ1) is 15.7. The Balaban J connectivity index is 1.93. The average Bonchev–Trinajstić information content (AvgIpc) is 2.53. The first-order valence-corrected chi connectivity index (χ1v) is 8.93. The number of amides is 1. The van der Waals surface area contributed by atoms with E-state index >= 15 is 0 Å². The molecule has 0 bridgehead atoms. The molecule has 1 fully saturated rings. The van der Waals surface area contributed by atoms with E-state index in [0.717, 1.165) is 18.4 Å². The van der Waals surface area contributed by atoms with Gasteiger partial charge in [0.25, 0.3) is 5.91 Å². The Morgan fingerprint density at radius 2 is 1.90 bits per heavy atom. The molecule has 1 saturated carbocycles. The largest absolute Gasteiger partial charge is 0.351 e. The van der Waals surface area contributed by atoms with E-state index in [9.17, 15) is 4.79 Å². The summed E-state index contributed by atoms with van der Waals surface area (Å²) in [5.74, 6) is 0.645. The molecule has 0 unspecified atom stereocenters. The van der Waals surface area contributed by atoms with Crippen molar-refractivity contribution in [1.82, 2.24) is 5.32 Å². The summed E-state index contributed by atoms with van der Waals surface area (Å²) in [5.41, 5.74) is 0.831. The molecule has 20 heavy (non-hydrogen) atoms. The number of carbonyl (C=O) groups excluding carboxylic acids is 1. The van der Waals surface area contributed by atoms with Gasteiger partial charge in [0.15, 0.2) is 0 Å². The predicted octanol–water partition coefficient (Wildman–Crippen LogP) is 4.33. The Morgan fingerprint density at radius 3 is 2.45 bits per heavy atom. The third-order valence-corrected chi connectivity index (χ3v) is 5.48. The van der Waals surface area contributed by atoms with Gasteiger partial charge in [-0.05, 0) is 43.4 Å². The highest BCUT2D eigenvalue weighted by Crippen LogP contribution is 2.36. The second-order valence-electron chi connectivity index (χ2n) is 5.61. The Bertz CT molecular complexity index is 440. The number of carbonyl (C=O) groups is 1. The van der Waals surface area contributed by atoms with Gasteiger partial charge < -0.3 is 5.32 Å². The molecule has 0 saturated heterocycles. The number of rotatable bonds is 5. The van der Waals surface area contributed by atoms with Crippen molar-refractivity contribution in [3.05, 3.63) is 29.8 Å². The van der Waals surface area contributed by atoms with Gasteiger partial charge in [-0.1, -0.05) is 19.3 Å². The molecule has 0 atom stereocenters. The Kier molecular flexibility index (Phi) is 5.79. The van der Waals surface area contributed by atoms with Gasteiger partial charge >= 0.3 is 0 Å². The molecular formula is C16H22ClNOS. The maximum Gasteiger partial charge on any atom is 0.251 e. The summed E-state index contributed by atoms with van der Waals surface area (Å²) in [7, 11) is 0. The molecular weight excluding hydrogens is 290 g/mol. The minimum absolute atomic E-state index is 0.00715. The smallest absolute Gasteiger partial charge is 0.251 e. The second kappa shape index (κ2) is 7.37. The molecule has 1 N–H and O–H groups in total. The van der Waals surface area contributed by atoms with E-state index in [1.54, 1.807) is 11.8 Å². The number of alkyl halides is 1. The highest BCUT2D eigenvalue weighted by molar-refractivity contribution is 7.98. The van der Waals surface area contributed by atoms with E-state index in [2.05, 4.69) is 5.32 Å². The van der Waals surface area contributed by atoms with Gasteiger partial charge in [0.2, 0.25) is 0 Å². The third kappa shape index (κ3) is 3.92. The van der Waals surface area contributed by atoms with Crippen molar-refractivity contribution < 1.29 is 4.79 Å². The van der Waals surface area contributed by atoms with Crippen LogP contribution in [0.3, 0.4) is 0 Å². The van der Waals surface area contributed by atoms with E-state index < -0.39 is 0 Å². The lowest BCUT2D eigenvalue weighted by molar-refractivity contribution is 0.0921. The van der Waals surface area contributed by atoms with Gasteiger partial charge in [0.05, 0.1) is 0 Å². The van der Waals surface area contributed by atoms with E-state index in [-0.39, 0.29) is 11.3 Å². The van der Waals surface area contributed by atoms with Gasteiger partial charge in [-0.25, -0.2) is 0 Å². The minimum Gasteiger partial charge on any atom is -0.351 e. The number of thioether (sulfide) groups is 1. The van der Waals surface area contributed by atoms with Crippen LogP contribution in [0.4, 0.5) is 0 Å². The lowest BCUT2D eigenvalue weighted by Crippen LogP contribution is -2.40. The van der Waals surface area contributed by atoms with Crippen LogP contribution in [0.25, 0.3) is 0 Å². The fourth-order valence-corrected chi connectivity index (χ4v) is 3.54. The van der Waals surface area contributed by atoms with Gasteiger partial charge in [0, 0.05) is 28.3 Å². The van der Waals surface area contributed by atoms with E-state index in [1.165, 1.54) is 24.2 Å². The Morgan fingerprint density at radius 1 is 1.25 bits per heavy atom. The van der Waals surface area contributed by atoms with Gasteiger partial charge in [-0.3, -0.25) is 4.79 Å². The molecule has 1 aromatic carbocycles. The summed E-state index contributed by atoms with van der Waals surface area (Å²) in [6.07, 6.45) is 8.03. The van der Waals surface area contributed by atoms with Gasteiger partial charge in [0.1, 0.15) is 0 Å². The van der Waals surface area contributed by atoms with Crippen molar-refractivity contribution in [2.45, 2.75) is 37.0 Å². The number of nitrogens with one attached hydrogen (secondary N) is 1.